The van der Waals surface area contributed by atoms with Crippen LogP contribution >= 0.6 is 0 Å². The average Bonchev–Trinajstić information content (AvgIpc) is 2.10. The number of aliphatic hydroxyl groups excluding tert-OH is 4. The van der Waals surface area contributed by atoms with Gasteiger partial charge in [0.2, 0.25) is 0 Å². The van der Waals surface area contributed by atoms with Crippen molar-refractivity contribution in [2.24, 2.45) is 0 Å². The zero-order chi connectivity index (χ0) is 14.5. The van der Waals surface area contributed by atoms with E-state index in [1.165, 1.54) is 0 Å². The van der Waals surface area contributed by atoms with Gasteiger partial charge >= 0.3 is 20.6 Å². The molecule has 0 aromatic carbocycles. The molecule has 0 aromatic heterocycles. The third-order valence-electron chi connectivity index (χ3n) is 2.11. The van der Waals surface area contributed by atoms with Crippen molar-refractivity contribution in [2.75, 3.05) is 0 Å². The van der Waals surface area contributed by atoms with Gasteiger partial charge in [-0.1, -0.05) is 0 Å². The van der Waals surface area contributed by atoms with E-state index < -0.39 is 54.1 Å². The van der Waals surface area contributed by atoms with Crippen molar-refractivity contribution in [1.82, 2.24) is 8.61 Å². The highest BCUT2D eigenvalue weighted by molar-refractivity contribution is 7.83. The molecule has 1 saturated heterocycles. The molecule has 14 heteroatoms. The molecule has 0 radical (unpaired) electrons. The van der Waals surface area contributed by atoms with Crippen molar-refractivity contribution in [2.45, 2.75) is 24.9 Å². The highest BCUT2D eigenvalue weighted by Gasteiger charge is 2.54. The van der Waals surface area contributed by atoms with E-state index in [1.54, 1.807) is 0 Å². The third kappa shape index (κ3) is 2.62. The van der Waals surface area contributed by atoms with Gasteiger partial charge < -0.3 is 20.4 Å². The molecule has 4 atom stereocenters. The van der Waals surface area contributed by atoms with E-state index in [1.807, 2.05) is 0 Å². The van der Waals surface area contributed by atoms with Crippen LogP contribution in [0.15, 0.2) is 0 Å². The average molecular weight is 310 g/mol. The summed E-state index contributed by atoms with van der Waals surface area (Å²) in [4.78, 5) is 0. The first-order valence-corrected chi connectivity index (χ1v) is 6.92. The highest BCUT2D eigenvalue weighted by atomic mass is 32.2. The topological polar surface area (TPSA) is 196 Å². The fraction of sp³-hybridized carbons (Fsp3) is 1.00. The Labute approximate surface area is 101 Å². The maximum atomic E-state index is 10.8. The second-order valence-electron chi connectivity index (χ2n) is 3.27. The lowest BCUT2D eigenvalue weighted by Crippen LogP contribution is -2.70. The number of aliphatic hydroxyl groups is 4. The van der Waals surface area contributed by atoms with Gasteiger partial charge in [0.25, 0.3) is 0 Å². The fourth-order valence-corrected chi connectivity index (χ4v) is 2.91. The Morgan fingerprint density at radius 2 is 0.778 bits per heavy atom. The lowest BCUT2D eigenvalue weighted by Gasteiger charge is -2.44. The first-order chi connectivity index (χ1) is 7.89. The van der Waals surface area contributed by atoms with Crippen LogP contribution in [-0.2, 0) is 20.6 Å². The summed E-state index contributed by atoms with van der Waals surface area (Å²) in [6.45, 7) is 0. The van der Waals surface area contributed by atoms with Gasteiger partial charge in [0.1, 0.15) is 0 Å². The largest absolute Gasteiger partial charge is 0.373 e. The Morgan fingerprint density at radius 3 is 0.889 bits per heavy atom. The van der Waals surface area contributed by atoms with Crippen LogP contribution in [0.1, 0.15) is 0 Å². The fourth-order valence-electron chi connectivity index (χ4n) is 1.38. The molecule has 1 heterocycles. The van der Waals surface area contributed by atoms with Gasteiger partial charge in [-0.25, -0.2) is 0 Å². The normalized spacial score (nSPS) is 36.8. The van der Waals surface area contributed by atoms with E-state index in [0.29, 0.717) is 0 Å². The number of rotatable bonds is 2. The monoisotopic (exact) mass is 310 g/mol. The van der Waals surface area contributed by atoms with Gasteiger partial charge in [-0.2, -0.15) is 16.8 Å². The van der Waals surface area contributed by atoms with Gasteiger partial charge in [-0.15, -0.1) is 8.61 Å². The molecule has 18 heavy (non-hydrogen) atoms. The number of hydrogen-bond acceptors (Lipinski definition) is 8. The van der Waals surface area contributed by atoms with Crippen LogP contribution in [0.3, 0.4) is 0 Å². The molecule has 12 nitrogen and oxygen atoms in total. The van der Waals surface area contributed by atoms with Crippen LogP contribution in [-0.4, -0.2) is 79.9 Å². The molecular formula is C4H10N2O10S2. The van der Waals surface area contributed by atoms with Crippen molar-refractivity contribution >= 4 is 20.6 Å². The molecule has 0 aromatic rings. The molecule has 0 aliphatic carbocycles. The summed E-state index contributed by atoms with van der Waals surface area (Å²) in [7, 11) is -10.5. The third-order valence-corrected chi connectivity index (χ3v) is 4.04. The minimum absolute atomic E-state index is 0.538. The first kappa shape index (κ1) is 15.6. The van der Waals surface area contributed by atoms with Crippen molar-refractivity contribution < 1.29 is 46.4 Å². The van der Waals surface area contributed by atoms with Crippen LogP contribution < -0.4 is 0 Å². The molecule has 1 aliphatic heterocycles. The second-order valence-corrected chi connectivity index (χ2v) is 5.90. The van der Waals surface area contributed by atoms with Gasteiger partial charge in [-0.3, -0.25) is 9.11 Å². The summed E-state index contributed by atoms with van der Waals surface area (Å²) < 4.78 is 59.2. The maximum Gasteiger partial charge on any atom is 0.340 e. The summed E-state index contributed by atoms with van der Waals surface area (Å²) in [5.41, 5.74) is 0. The van der Waals surface area contributed by atoms with Gasteiger partial charge in [0, 0.05) is 0 Å². The van der Waals surface area contributed by atoms with Gasteiger partial charge in [0.15, 0.2) is 24.9 Å². The zero-order valence-electron chi connectivity index (χ0n) is 8.34. The van der Waals surface area contributed by atoms with Crippen LogP contribution in [0, 0.1) is 0 Å². The maximum absolute atomic E-state index is 10.8. The minimum atomic E-state index is -5.25. The number of piperazine rings is 1. The summed E-state index contributed by atoms with van der Waals surface area (Å²) >= 11 is 0. The van der Waals surface area contributed by atoms with Crippen molar-refractivity contribution in [1.29, 1.82) is 0 Å². The van der Waals surface area contributed by atoms with Crippen LogP contribution in [0.2, 0.25) is 0 Å². The molecule has 0 spiro atoms. The predicted octanol–water partition coefficient (Wildman–Crippen LogP) is -4.52. The van der Waals surface area contributed by atoms with Crippen LogP contribution in [0.5, 0.6) is 0 Å². The lowest BCUT2D eigenvalue weighted by molar-refractivity contribution is -0.247. The van der Waals surface area contributed by atoms with E-state index in [-0.39, 0.29) is 0 Å². The molecule has 6 N–H and O–H groups in total. The molecule has 1 rings (SSSR count). The Bertz CT molecular complexity index is 450. The van der Waals surface area contributed by atoms with E-state index in [0.717, 1.165) is 0 Å². The Balaban J connectivity index is 3.28. The van der Waals surface area contributed by atoms with E-state index >= 15 is 0 Å². The van der Waals surface area contributed by atoms with Crippen molar-refractivity contribution in [3.8, 4) is 0 Å². The summed E-state index contributed by atoms with van der Waals surface area (Å²) in [5, 5.41) is 37.0. The number of nitrogens with zero attached hydrogens (tertiary/aromatic N) is 2. The van der Waals surface area contributed by atoms with Crippen LogP contribution in [0.4, 0.5) is 0 Å². The molecule has 0 saturated carbocycles. The number of hydrogen-bond donors (Lipinski definition) is 6. The van der Waals surface area contributed by atoms with Crippen molar-refractivity contribution in [3.63, 3.8) is 0 Å². The molecular weight excluding hydrogens is 300 g/mol. The predicted molar refractivity (Wildman–Crippen MR) is 50.8 cm³/mol. The summed E-state index contributed by atoms with van der Waals surface area (Å²) in [6.07, 6.45) is -10.6. The smallest absolute Gasteiger partial charge is 0.340 e. The Morgan fingerprint density at radius 1 is 0.611 bits per heavy atom. The zero-order valence-corrected chi connectivity index (χ0v) is 9.97. The van der Waals surface area contributed by atoms with E-state index in [4.69, 9.17) is 9.11 Å². The van der Waals surface area contributed by atoms with Crippen molar-refractivity contribution in [3.05, 3.63) is 0 Å². The minimum Gasteiger partial charge on any atom is -0.373 e. The van der Waals surface area contributed by atoms with Crippen LogP contribution in [0.25, 0.3) is 0 Å². The summed E-state index contributed by atoms with van der Waals surface area (Å²) in [5.74, 6) is 0. The molecule has 0 bridgehead atoms. The summed E-state index contributed by atoms with van der Waals surface area (Å²) in [6, 6.07) is 0. The molecule has 0 amide bonds. The highest BCUT2D eigenvalue weighted by Crippen LogP contribution is 2.26. The SMILES string of the molecule is O=S(=O)(O)N1[C@H](O)[C@@H](O)N(S(=O)(=O)O)[C@@H](O)[C@H]1O. The Hall–Kier alpha value is -0.420. The standard InChI is InChI=1S/C4H10N2O10S2/c7-1-2(8)6(18(14,15)16)4(10)3(9)5(1)17(11,12)13/h1-4,7-10H,(H,11,12,13)(H,14,15,16)/t1-,2-,3-,4+/m1/s1. The van der Waals surface area contributed by atoms with E-state index in [9.17, 15) is 37.3 Å². The lowest BCUT2D eigenvalue weighted by atomic mass is 10.3. The molecule has 1 fully saturated rings. The first-order valence-electron chi connectivity index (χ1n) is 4.13. The molecule has 1 aliphatic rings. The molecule has 108 valence electrons. The molecule has 0 unspecified atom stereocenters. The van der Waals surface area contributed by atoms with Gasteiger partial charge in [-0.05, 0) is 0 Å². The quantitative estimate of drug-likeness (QED) is 0.270. The Kier molecular flexibility index (Phi) is 4.00. The second kappa shape index (κ2) is 4.60. The van der Waals surface area contributed by atoms with Gasteiger partial charge in [0.05, 0.1) is 0 Å². The van der Waals surface area contributed by atoms with E-state index in [2.05, 4.69) is 0 Å².